The minimum atomic E-state index is -0.508. The van der Waals surface area contributed by atoms with Gasteiger partial charge in [-0.25, -0.2) is 4.52 Å². The van der Waals surface area contributed by atoms with Crippen molar-refractivity contribution in [2.24, 2.45) is 11.8 Å². The van der Waals surface area contributed by atoms with E-state index < -0.39 is 6.10 Å². The minimum Gasteiger partial charge on any atom is -0.364 e. The molecule has 1 aliphatic carbocycles. The van der Waals surface area contributed by atoms with Gasteiger partial charge in [0.25, 0.3) is 5.91 Å². The molecular weight excluding hydrogens is 368 g/mol. The van der Waals surface area contributed by atoms with Crippen LogP contribution in [-0.2, 0) is 9.53 Å². The van der Waals surface area contributed by atoms with Gasteiger partial charge in [-0.2, -0.15) is 10.4 Å². The summed E-state index contributed by atoms with van der Waals surface area (Å²) in [7, 11) is 0. The van der Waals surface area contributed by atoms with Crippen LogP contribution < -0.4 is 15.5 Å². The summed E-state index contributed by atoms with van der Waals surface area (Å²) in [6.07, 6.45) is 3.48. The first-order valence-corrected chi connectivity index (χ1v) is 10.4. The third-order valence-corrected chi connectivity index (χ3v) is 6.59. The number of pyridine rings is 1. The third-order valence-electron chi connectivity index (χ3n) is 6.59. The minimum absolute atomic E-state index is 0.0106. The van der Waals surface area contributed by atoms with E-state index >= 15 is 0 Å². The smallest absolute Gasteiger partial charge is 0.251 e. The van der Waals surface area contributed by atoms with Crippen molar-refractivity contribution in [3.05, 3.63) is 30.1 Å². The van der Waals surface area contributed by atoms with Gasteiger partial charge in [0.2, 0.25) is 0 Å². The number of hydrogen-bond acceptors (Lipinski definition) is 6. The molecule has 1 amide bonds. The maximum absolute atomic E-state index is 13.1. The zero-order valence-electron chi connectivity index (χ0n) is 16.5. The van der Waals surface area contributed by atoms with Crippen LogP contribution in [0.5, 0.6) is 0 Å². The Balaban J connectivity index is 1.35. The lowest BCUT2D eigenvalue weighted by Gasteiger charge is -2.39. The van der Waals surface area contributed by atoms with E-state index in [0.717, 1.165) is 24.3 Å². The number of ether oxygens (including phenoxy) is 1. The number of fused-ring (bicyclic) bond motifs is 3. The van der Waals surface area contributed by atoms with Crippen LogP contribution in [0.4, 0.5) is 5.69 Å². The van der Waals surface area contributed by atoms with Crippen molar-refractivity contribution in [2.45, 2.75) is 38.0 Å². The topological polar surface area (TPSA) is 94.7 Å². The molecule has 2 unspecified atom stereocenters. The zero-order valence-corrected chi connectivity index (χ0v) is 16.5. The lowest BCUT2D eigenvalue weighted by Crippen LogP contribution is -2.57. The van der Waals surface area contributed by atoms with Crippen molar-refractivity contribution in [3.8, 4) is 6.07 Å². The van der Waals surface area contributed by atoms with Crippen LogP contribution >= 0.6 is 0 Å². The molecule has 29 heavy (non-hydrogen) atoms. The second kappa shape index (κ2) is 7.32. The van der Waals surface area contributed by atoms with Crippen molar-refractivity contribution in [1.29, 1.82) is 5.26 Å². The molecule has 0 radical (unpaired) electrons. The van der Waals surface area contributed by atoms with Crippen molar-refractivity contribution >= 4 is 17.1 Å². The number of aromatic nitrogens is 2. The fourth-order valence-corrected chi connectivity index (χ4v) is 5.23. The molecule has 2 bridgehead atoms. The Morgan fingerprint density at radius 3 is 2.83 bits per heavy atom. The Hall–Kier alpha value is -2.63. The van der Waals surface area contributed by atoms with E-state index in [1.807, 2.05) is 19.1 Å². The number of anilines is 1. The number of nitrogens with zero attached hydrogens (tertiary/aromatic N) is 4. The summed E-state index contributed by atoms with van der Waals surface area (Å²) < 4.78 is 7.68. The summed E-state index contributed by atoms with van der Waals surface area (Å²) >= 11 is 0. The quantitative estimate of drug-likeness (QED) is 0.804. The highest BCUT2D eigenvalue weighted by atomic mass is 16.5. The number of nitrogens with one attached hydrogen (secondary N) is 2. The lowest BCUT2D eigenvalue weighted by atomic mass is 9.93. The molecule has 1 saturated carbocycles. The van der Waals surface area contributed by atoms with Gasteiger partial charge >= 0.3 is 0 Å². The molecule has 2 aromatic rings. The molecule has 5 rings (SSSR count). The first-order chi connectivity index (χ1) is 14.1. The fourth-order valence-electron chi connectivity index (χ4n) is 5.23. The maximum atomic E-state index is 13.1. The molecule has 4 atom stereocenters. The van der Waals surface area contributed by atoms with E-state index in [0.29, 0.717) is 30.6 Å². The normalized spacial score (nSPS) is 31.6. The Morgan fingerprint density at radius 2 is 2.07 bits per heavy atom. The van der Waals surface area contributed by atoms with Crippen LogP contribution in [0.1, 0.15) is 25.5 Å². The predicted octanol–water partition coefficient (Wildman–Crippen LogP) is 0.914. The van der Waals surface area contributed by atoms with Crippen molar-refractivity contribution in [2.75, 3.05) is 31.1 Å². The Kier molecular flexibility index (Phi) is 4.64. The van der Waals surface area contributed by atoms with Gasteiger partial charge < -0.3 is 20.3 Å². The van der Waals surface area contributed by atoms with Gasteiger partial charge in [-0.3, -0.25) is 4.79 Å². The lowest BCUT2D eigenvalue weighted by molar-refractivity contribution is -0.138. The second-order valence-corrected chi connectivity index (χ2v) is 8.47. The van der Waals surface area contributed by atoms with E-state index in [1.165, 1.54) is 12.8 Å². The fraction of sp³-hybridized carbons (Fsp3) is 0.571. The summed E-state index contributed by atoms with van der Waals surface area (Å²) in [5.74, 6) is 1.04. The summed E-state index contributed by atoms with van der Waals surface area (Å²) in [6, 6.07) is 8.04. The number of carbonyl (C=O) groups excluding carboxylic acids is 1. The molecular formula is C21H26N6O2. The summed E-state index contributed by atoms with van der Waals surface area (Å²) in [6.45, 7) is 5.15. The summed E-state index contributed by atoms with van der Waals surface area (Å²) in [5, 5.41) is 20.4. The monoisotopic (exact) mass is 394 g/mol. The van der Waals surface area contributed by atoms with Gasteiger partial charge in [0.1, 0.15) is 11.8 Å². The molecule has 8 heteroatoms. The Morgan fingerprint density at radius 1 is 1.28 bits per heavy atom. The van der Waals surface area contributed by atoms with Crippen LogP contribution in [0.15, 0.2) is 24.4 Å². The first-order valence-electron chi connectivity index (χ1n) is 10.4. The highest BCUT2D eigenvalue weighted by Gasteiger charge is 2.41. The summed E-state index contributed by atoms with van der Waals surface area (Å²) in [4.78, 5) is 15.3. The average molecular weight is 394 g/mol. The van der Waals surface area contributed by atoms with Gasteiger partial charge in [-0.05, 0) is 62.9 Å². The number of hydrogen-bond donors (Lipinski definition) is 2. The molecule has 2 N–H and O–H groups in total. The molecule has 152 valence electrons. The molecule has 0 aromatic carbocycles. The van der Waals surface area contributed by atoms with Crippen LogP contribution in [0.2, 0.25) is 0 Å². The first kappa shape index (κ1) is 18.4. The van der Waals surface area contributed by atoms with E-state index in [1.54, 1.807) is 16.8 Å². The van der Waals surface area contributed by atoms with Crippen LogP contribution in [0, 0.1) is 23.2 Å². The van der Waals surface area contributed by atoms with Gasteiger partial charge in [0.15, 0.2) is 6.10 Å². The Labute approximate surface area is 169 Å². The molecule has 2 aliphatic heterocycles. The van der Waals surface area contributed by atoms with Gasteiger partial charge in [0.05, 0.1) is 30.0 Å². The van der Waals surface area contributed by atoms with Crippen molar-refractivity contribution in [3.63, 3.8) is 0 Å². The van der Waals surface area contributed by atoms with E-state index in [2.05, 4.69) is 26.7 Å². The number of nitriles is 1. The highest BCUT2D eigenvalue weighted by molar-refractivity contribution is 5.83. The van der Waals surface area contributed by atoms with E-state index in [4.69, 9.17) is 4.74 Å². The predicted molar refractivity (Wildman–Crippen MR) is 107 cm³/mol. The molecule has 2 saturated heterocycles. The molecule has 3 aliphatic rings. The number of rotatable bonds is 3. The van der Waals surface area contributed by atoms with Crippen molar-refractivity contribution in [1.82, 2.24) is 20.2 Å². The third kappa shape index (κ3) is 3.24. The van der Waals surface area contributed by atoms with Gasteiger partial charge in [0, 0.05) is 12.6 Å². The highest BCUT2D eigenvalue weighted by Crippen LogP contribution is 2.34. The maximum Gasteiger partial charge on any atom is 0.251 e. The number of carbonyl (C=O) groups is 1. The molecule has 8 nitrogen and oxygen atoms in total. The summed E-state index contributed by atoms with van der Waals surface area (Å²) in [5.41, 5.74) is 2.33. The van der Waals surface area contributed by atoms with Crippen molar-refractivity contribution < 1.29 is 9.53 Å². The number of amides is 1. The van der Waals surface area contributed by atoms with E-state index in [-0.39, 0.29) is 18.1 Å². The number of morpholine rings is 1. The van der Waals surface area contributed by atoms with Crippen LogP contribution in [-0.4, -0.2) is 60.0 Å². The van der Waals surface area contributed by atoms with Crippen LogP contribution in [0.3, 0.4) is 0 Å². The molecule has 0 spiro atoms. The number of piperidine rings is 1. The second-order valence-electron chi connectivity index (χ2n) is 8.47. The zero-order chi connectivity index (χ0) is 20.0. The van der Waals surface area contributed by atoms with Crippen LogP contribution in [0.25, 0.3) is 5.52 Å². The Bertz CT molecular complexity index is 950. The largest absolute Gasteiger partial charge is 0.364 e. The molecule has 4 heterocycles. The average Bonchev–Trinajstić information content (AvgIpc) is 3.28. The molecule has 3 fully saturated rings. The standard InChI is InChI=1S/C21H26N6O2/c1-13-11-26(17-5-4-16(8-22)27-18(17)6-7-24-27)12-19(29-13)21(28)25-20-14-2-3-15(20)10-23-9-14/h4-7,13-15,19-20,23H,2-3,9-12H2,1H3,(H,25,28)/t13-,14?,15?,19-,20?/m1/s1. The van der Waals surface area contributed by atoms with Gasteiger partial charge in [-0.15, -0.1) is 0 Å². The van der Waals surface area contributed by atoms with Gasteiger partial charge in [-0.1, -0.05) is 0 Å². The molecule has 2 aromatic heterocycles. The van der Waals surface area contributed by atoms with E-state index in [9.17, 15) is 10.1 Å². The SMILES string of the molecule is C[C@@H]1CN(c2ccc(C#N)n3nccc23)C[C@H](C(=O)NC2C3CCC2CNC3)O1.